The van der Waals surface area contributed by atoms with Gasteiger partial charge < -0.3 is 4.52 Å². The summed E-state index contributed by atoms with van der Waals surface area (Å²) in [5, 5.41) is 14.8. The lowest BCUT2D eigenvalue weighted by Gasteiger charge is -2.10. The second kappa shape index (κ2) is 5.92. The van der Waals surface area contributed by atoms with Crippen molar-refractivity contribution in [1.82, 2.24) is 10.1 Å². The van der Waals surface area contributed by atoms with Gasteiger partial charge in [-0.2, -0.15) is 0 Å². The molecule has 0 radical (unpaired) electrons. The van der Waals surface area contributed by atoms with Crippen LogP contribution < -0.4 is 0 Å². The minimum Gasteiger partial charge on any atom is -0.359 e. The van der Waals surface area contributed by atoms with Gasteiger partial charge in [0.25, 0.3) is 17.5 Å². The third-order valence-corrected chi connectivity index (χ3v) is 4.11. The molecule has 26 heavy (non-hydrogen) atoms. The molecular weight excluding hydrogens is 338 g/mol. The van der Waals surface area contributed by atoms with Crippen LogP contribution in [-0.4, -0.2) is 26.8 Å². The molecular formula is C18H11N3O5. The Morgan fingerprint density at radius 3 is 2.46 bits per heavy atom. The molecule has 2 amide bonds. The number of nitro benzene ring substituents is 1. The molecule has 0 saturated heterocycles. The lowest BCUT2D eigenvalue weighted by molar-refractivity contribution is -0.384. The third-order valence-electron chi connectivity index (χ3n) is 4.11. The first kappa shape index (κ1) is 15.7. The molecule has 0 atom stereocenters. The molecule has 0 spiro atoms. The van der Waals surface area contributed by atoms with Crippen LogP contribution in [0.5, 0.6) is 0 Å². The zero-order valence-electron chi connectivity index (χ0n) is 13.3. The van der Waals surface area contributed by atoms with Gasteiger partial charge in [0, 0.05) is 23.8 Å². The van der Waals surface area contributed by atoms with Crippen LogP contribution in [0, 0.1) is 10.1 Å². The van der Waals surface area contributed by atoms with Crippen LogP contribution in [0.4, 0.5) is 5.69 Å². The molecule has 1 aliphatic rings. The van der Waals surface area contributed by atoms with E-state index in [1.54, 1.807) is 6.07 Å². The molecule has 1 aliphatic heterocycles. The highest BCUT2D eigenvalue weighted by molar-refractivity contribution is 6.21. The molecule has 0 bridgehead atoms. The lowest BCUT2D eigenvalue weighted by Crippen LogP contribution is -2.28. The molecule has 2 heterocycles. The molecule has 4 rings (SSSR count). The van der Waals surface area contributed by atoms with Crippen LogP contribution in [0.1, 0.15) is 26.5 Å². The Hall–Kier alpha value is -3.81. The van der Waals surface area contributed by atoms with Crippen LogP contribution in [0.25, 0.3) is 11.3 Å². The Kier molecular flexibility index (Phi) is 3.58. The second-order valence-corrected chi connectivity index (χ2v) is 5.73. The molecule has 0 saturated carbocycles. The van der Waals surface area contributed by atoms with Crippen molar-refractivity contribution < 1.29 is 19.0 Å². The fourth-order valence-electron chi connectivity index (χ4n) is 2.82. The number of fused-ring (bicyclic) bond motifs is 1. The van der Waals surface area contributed by atoms with Crippen LogP contribution >= 0.6 is 0 Å². The maximum Gasteiger partial charge on any atom is 0.270 e. The van der Waals surface area contributed by atoms with E-state index in [2.05, 4.69) is 5.16 Å². The number of hydrogen-bond donors (Lipinski definition) is 0. The van der Waals surface area contributed by atoms with Crippen molar-refractivity contribution in [2.75, 3.05) is 0 Å². The van der Waals surface area contributed by atoms with Crippen molar-refractivity contribution in [2.24, 2.45) is 0 Å². The molecule has 1 aromatic heterocycles. The summed E-state index contributed by atoms with van der Waals surface area (Å²) in [4.78, 5) is 36.2. The highest BCUT2D eigenvalue weighted by Gasteiger charge is 2.37. The number of aromatic nitrogens is 1. The van der Waals surface area contributed by atoms with E-state index in [0.717, 1.165) is 16.5 Å². The quantitative estimate of drug-likeness (QED) is 0.407. The first-order chi connectivity index (χ1) is 12.5. The van der Waals surface area contributed by atoms with Crippen LogP contribution in [0.2, 0.25) is 0 Å². The summed E-state index contributed by atoms with van der Waals surface area (Å²) in [6.45, 7) is -0.0972. The SMILES string of the molecule is O=C1c2ccc([N+](=O)[O-])cc2C(=O)N1Cc1cc(-c2ccccc2)no1. The second-order valence-electron chi connectivity index (χ2n) is 5.73. The molecule has 0 aliphatic carbocycles. The highest BCUT2D eigenvalue weighted by Crippen LogP contribution is 2.28. The van der Waals surface area contributed by atoms with Gasteiger partial charge in [-0.15, -0.1) is 0 Å². The Morgan fingerprint density at radius 1 is 1.00 bits per heavy atom. The van der Waals surface area contributed by atoms with Gasteiger partial charge in [0.15, 0.2) is 5.76 Å². The summed E-state index contributed by atoms with van der Waals surface area (Å²) in [5.41, 5.74) is 1.36. The standard InChI is InChI=1S/C18H11N3O5/c22-17-14-7-6-12(21(24)25)8-15(14)18(23)20(17)10-13-9-16(19-26-13)11-4-2-1-3-5-11/h1-9H,10H2. The van der Waals surface area contributed by atoms with Crippen molar-refractivity contribution in [3.05, 3.63) is 81.6 Å². The first-order valence-electron chi connectivity index (χ1n) is 7.70. The van der Waals surface area contributed by atoms with Crippen molar-refractivity contribution in [2.45, 2.75) is 6.54 Å². The fraction of sp³-hybridized carbons (Fsp3) is 0.0556. The molecule has 3 aromatic rings. The average molecular weight is 349 g/mol. The number of benzene rings is 2. The van der Waals surface area contributed by atoms with Crippen molar-refractivity contribution in [1.29, 1.82) is 0 Å². The van der Waals surface area contributed by atoms with E-state index >= 15 is 0 Å². The van der Waals surface area contributed by atoms with E-state index in [0.29, 0.717) is 11.5 Å². The number of carbonyl (C=O) groups is 2. The van der Waals surface area contributed by atoms with E-state index in [-0.39, 0.29) is 23.4 Å². The zero-order valence-corrected chi connectivity index (χ0v) is 13.3. The van der Waals surface area contributed by atoms with Gasteiger partial charge in [0.2, 0.25) is 0 Å². The Balaban J connectivity index is 1.60. The predicted molar refractivity (Wildman–Crippen MR) is 89.2 cm³/mol. The molecule has 0 N–H and O–H groups in total. The number of imide groups is 1. The molecule has 128 valence electrons. The molecule has 0 unspecified atom stereocenters. The molecule has 8 heteroatoms. The number of amides is 2. The summed E-state index contributed by atoms with van der Waals surface area (Å²) in [6, 6.07) is 14.6. The van der Waals surface area contributed by atoms with E-state index < -0.39 is 16.7 Å². The van der Waals surface area contributed by atoms with Gasteiger partial charge in [-0.1, -0.05) is 35.5 Å². The highest BCUT2D eigenvalue weighted by atomic mass is 16.6. The van der Waals surface area contributed by atoms with Gasteiger partial charge in [-0.05, 0) is 6.07 Å². The number of hydrogen-bond acceptors (Lipinski definition) is 6. The largest absolute Gasteiger partial charge is 0.359 e. The fourth-order valence-corrected chi connectivity index (χ4v) is 2.82. The summed E-state index contributed by atoms with van der Waals surface area (Å²) in [5.74, 6) is -0.767. The van der Waals surface area contributed by atoms with Crippen LogP contribution in [0.3, 0.4) is 0 Å². The summed E-state index contributed by atoms with van der Waals surface area (Å²) < 4.78 is 5.23. The maximum atomic E-state index is 12.5. The van der Waals surface area contributed by atoms with Gasteiger partial charge >= 0.3 is 0 Å². The van der Waals surface area contributed by atoms with E-state index in [1.807, 2.05) is 30.3 Å². The minimum atomic E-state index is -0.608. The summed E-state index contributed by atoms with van der Waals surface area (Å²) in [7, 11) is 0. The first-order valence-corrected chi connectivity index (χ1v) is 7.70. The average Bonchev–Trinajstić information content (AvgIpc) is 3.22. The molecule has 2 aromatic carbocycles. The van der Waals surface area contributed by atoms with Crippen molar-refractivity contribution in [3.8, 4) is 11.3 Å². The van der Waals surface area contributed by atoms with E-state index in [1.165, 1.54) is 12.1 Å². The smallest absolute Gasteiger partial charge is 0.270 e. The predicted octanol–water partition coefficient (Wildman–Crippen LogP) is 3.05. The van der Waals surface area contributed by atoms with Crippen molar-refractivity contribution in [3.63, 3.8) is 0 Å². The monoisotopic (exact) mass is 349 g/mol. The van der Waals surface area contributed by atoms with Crippen LogP contribution in [-0.2, 0) is 6.54 Å². The number of carbonyl (C=O) groups excluding carboxylic acids is 2. The maximum absolute atomic E-state index is 12.5. The van der Waals surface area contributed by atoms with Crippen LogP contribution in [0.15, 0.2) is 59.1 Å². The minimum absolute atomic E-state index is 0.0204. The van der Waals surface area contributed by atoms with Gasteiger partial charge in [-0.25, -0.2) is 0 Å². The summed E-state index contributed by atoms with van der Waals surface area (Å²) >= 11 is 0. The van der Waals surface area contributed by atoms with Gasteiger partial charge in [-0.3, -0.25) is 24.6 Å². The zero-order chi connectivity index (χ0) is 18.3. The summed E-state index contributed by atoms with van der Waals surface area (Å²) in [6.07, 6.45) is 0. The van der Waals surface area contributed by atoms with E-state index in [9.17, 15) is 19.7 Å². The third kappa shape index (κ3) is 2.53. The Morgan fingerprint density at radius 2 is 1.73 bits per heavy atom. The number of rotatable bonds is 4. The lowest BCUT2D eigenvalue weighted by atomic mass is 10.1. The number of non-ortho nitro benzene ring substituents is 1. The Bertz CT molecular complexity index is 1040. The van der Waals surface area contributed by atoms with Gasteiger partial charge in [0.05, 0.1) is 22.6 Å². The molecule has 0 fully saturated rings. The number of nitro groups is 1. The molecule has 8 nitrogen and oxygen atoms in total. The number of nitrogens with zero attached hydrogens (tertiary/aromatic N) is 3. The Labute approximate surface area is 146 Å². The normalized spacial score (nSPS) is 13.2. The van der Waals surface area contributed by atoms with Gasteiger partial charge in [0.1, 0.15) is 5.69 Å². The topological polar surface area (TPSA) is 107 Å². The van der Waals surface area contributed by atoms with E-state index in [4.69, 9.17) is 4.52 Å². The van der Waals surface area contributed by atoms with Crippen molar-refractivity contribution >= 4 is 17.5 Å².